The van der Waals surface area contributed by atoms with Crippen molar-refractivity contribution in [2.24, 2.45) is 7.05 Å². The number of carbonyl (C=O) groups is 1. The molecule has 0 bridgehead atoms. The van der Waals surface area contributed by atoms with Gasteiger partial charge in [0.15, 0.2) is 0 Å². The van der Waals surface area contributed by atoms with Crippen molar-refractivity contribution in [3.05, 3.63) is 62.4 Å². The van der Waals surface area contributed by atoms with Crippen LogP contribution in [-0.4, -0.2) is 27.3 Å². The Hall–Kier alpha value is -2.15. The van der Waals surface area contributed by atoms with Crippen LogP contribution in [0.4, 0.5) is 5.69 Å². The van der Waals surface area contributed by atoms with Crippen molar-refractivity contribution in [1.29, 1.82) is 0 Å². The number of aryl methyl sites for hydroxylation is 1. The van der Waals surface area contributed by atoms with Crippen LogP contribution in [0, 0.1) is 10.1 Å². The SMILES string of the molecule is CN(Cc1ccc(Br)cc1)C(=O)c1cc([N+](=O)[O-])cn1C. The molecular formula is C14H14BrN3O3. The van der Waals surface area contributed by atoms with Crippen LogP contribution in [-0.2, 0) is 13.6 Å². The van der Waals surface area contributed by atoms with E-state index in [4.69, 9.17) is 0 Å². The van der Waals surface area contributed by atoms with Crippen molar-refractivity contribution in [3.63, 3.8) is 0 Å². The largest absolute Gasteiger partial charge is 0.340 e. The minimum absolute atomic E-state index is 0.0853. The summed E-state index contributed by atoms with van der Waals surface area (Å²) in [4.78, 5) is 24.1. The van der Waals surface area contributed by atoms with E-state index >= 15 is 0 Å². The summed E-state index contributed by atoms with van der Waals surface area (Å²) in [6.07, 6.45) is 1.33. The Kier molecular flexibility index (Phi) is 4.42. The van der Waals surface area contributed by atoms with Crippen LogP contribution in [0.2, 0.25) is 0 Å². The highest BCUT2D eigenvalue weighted by molar-refractivity contribution is 9.10. The van der Waals surface area contributed by atoms with Gasteiger partial charge in [0.05, 0.1) is 11.1 Å². The number of benzene rings is 1. The predicted molar refractivity (Wildman–Crippen MR) is 82.0 cm³/mol. The van der Waals surface area contributed by atoms with Crippen molar-refractivity contribution in [2.75, 3.05) is 7.05 Å². The second-order valence-corrected chi connectivity index (χ2v) is 5.65. The molecule has 0 N–H and O–H groups in total. The van der Waals surface area contributed by atoms with E-state index in [-0.39, 0.29) is 11.6 Å². The minimum atomic E-state index is -0.508. The molecule has 1 amide bonds. The van der Waals surface area contributed by atoms with E-state index in [1.807, 2.05) is 24.3 Å². The molecule has 0 radical (unpaired) electrons. The van der Waals surface area contributed by atoms with E-state index in [0.717, 1.165) is 10.0 Å². The molecular weight excluding hydrogens is 338 g/mol. The van der Waals surface area contributed by atoms with Crippen LogP contribution in [0.15, 0.2) is 41.0 Å². The van der Waals surface area contributed by atoms with Gasteiger partial charge in [0.25, 0.3) is 11.6 Å². The lowest BCUT2D eigenvalue weighted by Gasteiger charge is -2.17. The van der Waals surface area contributed by atoms with Gasteiger partial charge in [-0.05, 0) is 17.7 Å². The normalized spacial score (nSPS) is 10.4. The lowest BCUT2D eigenvalue weighted by molar-refractivity contribution is -0.384. The van der Waals surface area contributed by atoms with Gasteiger partial charge in [0.1, 0.15) is 5.69 Å². The Labute approximate surface area is 130 Å². The molecule has 0 atom stereocenters. The molecule has 7 heteroatoms. The fourth-order valence-corrected chi connectivity index (χ4v) is 2.25. The summed E-state index contributed by atoms with van der Waals surface area (Å²) < 4.78 is 2.44. The average molecular weight is 352 g/mol. The Bertz CT molecular complexity index is 679. The maximum Gasteiger partial charge on any atom is 0.287 e. The maximum absolute atomic E-state index is 12.3. The van der Waals surface area contributed by atoms with E-state index in [1.54, 1.807) is 14.1 Å². The lowest BCUT2D eigenvalue weighted by atomic mass is 10.2. The van der Waals surface area contributed by atoms with Crippen molar-refractivity contribution in [3.8, 4) is 0 Å². The van der Waals surface area contributed by atoms with Gasteiger partial charge in [-0.3, -0.25) is 14.9 Å². The lowest BCUT2D eigenvalue weighted by Crippen LogP contribution is -2.27. The van der Waals surface area contributed by atoms with E-state index < -0.39 is 4.92 Å². The fraction of sp³-hybridized carbons (Fsp3) is 0.214. The first kappa shape index (κ1) is 15.2. The Morgan fingerprint density at radius 2 is 2.00 bits per heavy atom. The van der Waals surface area contributed by atoms with Gasteiger partial charge in [0.2, 0.25) is 0 Å². The summed E-state index contributed by atoms with van der Waals surface area (Å²) in [5, 5.41) is 10.7. The van der Waals surface area contributed by atoms with Gasteiger partial charge < -0.3 is 9.47 Å². The average Bonchev–Trinajstić information content (AvgIpc) is 2.82. The molecule has 6 nitrogen and oxygen atoms in total. The van der Waals surface area contributed by atoms with Crippen molar-refractivity contribution < 1.29 is 9.72 Å². The molecule has 0 spiro atoms. The number of nitrogens with zero attached hydrogens (tertiary/aromatic N) is 3. The number of hydrogen-bond acceptors (Lipinski definition) is 3. The fourth-order valence-electron chi connectivity index (χ4n) is 1.99. The molecule has 0 aliphatic heterocycles. The van der Waals surface area contributed by atoms with Gasteiger partial charge in [0, 0.05) is 31.2 Å². The molecule has 1 heterocycles. The third-order valence-electron chi connectivity index (χ3n) is 3.10. The molecule has 0 aliphatic rings. The van der Waals surface area contributed by atoms with Crippen LogP contribution in [0.3, 0.4) is 0 Å². The zero-order valence-electron chi connectivity index (χ0n) is 11.6. The van der Waals surface area contributed by atoms with Gasteiger partial charge in [-0.25, -0.2) is 0 Å². The molecule has 2 aromatic rings. The smallest absolute Gasteiger partial charge is 0.287 e. The number of carbonyl (C=O) groups excluding carboxylic acids is 1. The maximum atomic E-state index is 12.3. The summed E-state index contributed by atoms with van der Waals surface area (Å²) in [6, 6.07) is 8.94. The van der Waals surface area contributed by atoms with Crippen LogP contribution >= 0.6 is 15.9 Å². The summed E-state index contributed by atoms with van der Waals surface area (Å²) in [7, 11) is 3.29. The van der Waals surface area contributed by atoms with E-state index in [9.17, 15) is 14.9 Å². The molecule has 0 unspecified atom stereocenters. The Balaban J connectivity index is 2.15. The van der Waals surface area contributed by atoms with Crippen LogP contribution in [0.25, 0.3) is 0 Å². The highest BCUT2D eigenvalue weighted by Gasteiger charge is 2.20. The highest BCUT2D eigenvalue weighted by atomic mass is 79.9. The van der Waals surface area contributed by atoms with Crippen molar-refractivity contribution in [2.45, 2.75) is 6.54 Å². The van der Waals surface area contributed by atoms with Gasteiger partial charge >= 0.3 is 0 Å². The third-order valence-corrected chi connectivity index (χ3v) is 3.63. The summed E-state index contributed by atoms with van der Waals surface area (Å²) in [5.41, 5.74) is 1.19. The first-order valence-corrected chi connectivity index (χ1v) is 6.98. The standard InChI is InChI=1S/C14H14BrN3O3/c1-16-9-12(18(20)21)7-13(16)14(19)17(2)8-10-3-5-11(15)6-4-10/h3-7,9H,8H2,1-2H3. The summed E-state index contributed by atoms with van der Waals surface area (Å²) in [5.74, 6) is -0.256. The number of aromatic nitrogens is 1. The second-order valence-electron chi connectivity index (χ2n) is 4.74. The highest BCUT2D eigenvalue weighted by Crippen LogP contribution is 2.18. The van der Waals surface area contributed by atoms with E-state index in [2.05, 4.69) is 15.9 Å². The number of rotatable bonds is 4. The minimum Gasteiger partial charge on any atom is -0.340 e. The summed E-state index contributed by atoms with van der Waals surface area (Å²) in [6.45, 7) is 0.436. The van der Waals surface area contributed by atoms with Crippen molar-refractivity contribution >= 4 is 27.5 Å². The van der Waals surface area contributed by atoms with Crippen molar-refractivity contribution in [1.82, 2.24) is 9.47 Å². The zero-order chi connectivity index (χ0) is 15.6. The van der Waals surface area contributed by atoms with E-state index in [1.165, 1.54) is 21.7 Å². The number of nitro groups is 1. The molecule has 0 aliphatic carbocycles. The molecule has 110 valence electrons. The molecule has 0 saturated carbocycles. The van der Waals surface area contributed by atoms with Crippen LogP contribution in [0.5, 0.6) is 0 Å². The topological polar surface area (TPSA) is 68.4 Å². The van der Waals surface area contributed by atoms with Gasteiger partial charge in [-0.15, -0.1) is 0 Å². The molecule has 0 saturated heterocycles. The monoisotopic (exact) mass is 351 g/mol. The molecule has 2 rings (SSSR count). The number of amides is 1. The Morgan fingerprint density at radius 1 is 1.38 bits per heavy atom. The number of halogens is 1. The van der Waals surface area contributed by atoms with Crippen LogP contribution < -0.4 is 0 Å². The first-order valence-electron chi connectivity index (χ1n) is 6.19. The van der Waals surface area contributed by atoms with Crippen LogP contribution in [0.1, 0.15) is 16.1 Å². The van der Waals surface area contributed by atoms with E-state index in [0.29, 0.717) is 12.2 Å². The molecule has 1 aromatic carbocycles. The Morgan fingerprint density at radius 3 is 2.52 bits per heavy atom. The quantitative estimate of drug-likeness (QED) is 0.628. The third kappa shape index (κ3) is 3.49. The zero-order valence-corrected chi connectivity index (χ0v) is 13.2. The predicted octanol–water partition coefficient (Wildman–Crippen LogP) is 2.97. The molecule has 1 aromatic heterocycles. The van der Waals surface area contributed by atoms with Gasteiger partial charge in [-0.1, -0.05) is 28.1 Å². The first-order chi connectivity index (χ1) is 9.88. The summed E-state index contributed by atoms with van der Waals surface area (Å²) >= 11 is 3.36. The molecule has 21 heavy (non-hydrogen) atoms. The molecule has 0 fully saturated rings. The number of hydrogen-bond donors (Lipinski definition) is 0. The second kappa shape index (κ2) is 6.09. The van der Waals surface area contributed by atoms with Gasteiger partial charge in [-0.2, -0.15) is 0 Å².